The molecule has 2 rings (SSSR count). The average Bonchev–Trinajstić information content (AvgIpc) is 2.93. The van der Waals surface area contributed by atoms with Gasteiger partial charge >= 0.3 is 0 Å². The maximum Gasteiger partial charge on any atom is 0.226 e. The lowest BCUT2D eigenvalue weighted by Gasteiger charge is -2.34. The largest absolute Gasteiger partial charge is 0.353 e. The summed E-state index contributed by atoms with van der Waals surface area (Å²) in [6.45, 7) is 8.61. The van der Waals surface area contributed by atoms with Gasteiger partial charge in [0.25, 0.3) is 0 Å². The molecular weight excluding hydrogens is 278 g/mol. The van der Waals surface area contributed by atoms with Crippen molar-refractivity contribution in [2.45, 2.75) is 78.2 Å². The van der Waals surface area contributed by atoms with Gasteiger partial charge in [-0.3, -0.25) is 4.79 Å². The van der Waals surface area contributed by atoms with E-state index < -0.39 is 0 Å². The second-order valence-electron chi connectivity index (χ2n) is 7.00. The van der Waals surface area contributed by atoms with E-state index in [9.17, 15) is 4.79 Å². The molecule has 0 aliphatic heterocycles. The highest BCUT2D eigenvalue weighted by Crippen LogP contribution is 2.29. The molecule has 1 saturated carbocycles. The van der Waals surface area contributed by atoms with Gasteiger partial charge in [-0.2, -0.15) is 4.98 Å². The number of rotatable bonds is 6. The lowest BCUT2D eigenvalue weighted by atomic mass is 9.78. The maximum atomic E-state index is 12.1. The van der Waals surface area contributed by atoms with Gasteiger partial charge in [-0.05, 0) is 24.7 Å². The molecule has 1 heterocycles. The van der Waals surface area contributed by atoms with Crippen LogP contribution in [-0.2, 0) is 11.2 Å². The molecule has 1 aromatic rings. The van der Waals surface area contributed by atoms with Crippen molar-refractivity contribution in [3.05, 3.63) is 11.7 Å². The number of amides is 1. The van der Waals surface area contributed by atoms with Gasteiger partial charge in [-0.15, -0.1) is 0 Å². The van der Waals surface area contributed by atoms with Crippen molar-refractivity contribution in [2.75, 3.05) is 0 Å². The number of aryl methyl sites for hydroxylation is 1. The molecule has 22 heavy (non-hydrogen) atoms. The molecule has 0 radical (unpaired) electrons. The Morgan fingerprint density at radius 3 is 2.82 bits per heavy atom. The Morgan fingerprint density at radius 2 is 2.14 bits per heavy atom. The highest BCUT2D eigenvalue weighted by molar-refractivity contribution is 5.76. The van der Waals surface area contributed by atoms with E-state index in [2.05, 4.69) is 29.3 Å². The summed E-state index contributed by atoms with van der Waals surface area (Å²) in [5, 5.41) is 7.14. The Bertz CT molecular complexity index is 484. The summed E-state index contributed by atoms with van der Waals surface area (Å²) < 4.78 is 5.20. The van der Waals surface area contributed by atoms with E-state index in [4.69, 9.17) is 4.52 Å². The van der Waals surface area contributed by atoms with Crippen LogP contribution in [0.15, 0.2) is 4.52 Å². The molecule has 124 valence electrons. The number of hydrogen-bond acceptors (Lipinski definition) is 4. The molecule has 1 amide bonds. The van der Waals surface area contributed by atoms with Crippen LogP contribution >= 0.6 is 0 Å². The third-order valence-corrected chi connectivity index (χ3v) is 4.85. The quantitative estimate of drug-likeness (QED) is 0.874. The third-order valence-electron chi connectivity index (χ3n) is 4.85. The summed E-state index contributed by atoms with van der Waals surface area (Å²) in [4.78, 5) is 16.4. The first-order valence-electron chi connectivity index (χ1n) is 8.59. The lowest BCUT2D eigenvalue weighted by molar-refractivity contribution is -0.122. The van der Waals surface area contributed by atoms with Crippen LogP contribution in [0.2, 0.25) is 0 Å². The molecule has 0 unspecified atom stereocenters. The summed E-state index contributed by atoms with van der Waals surface area (Å²) in [5.41, 5.74) is 0. The van der Waals surface area contributed by atoms with Crippen molar-refractivity contribution in [3.63, 3.8) is 0 Å². The smallest absolute Gasteiger partial charge is 0.226 e. The fraction of sp³-hybridized carbons (Fsp3) is 0.824. The van der Waals surface area contributed by atoms with E-state index in [1.165, 1.54) is 12.8 Å². The van der Waals surface area contributed by atoms with Gasteiger partial charge in [0, 0.05) is 24.8 Å². The van der Waals surface area contributed by atoms with Gasteiger partial charge in [-0.1, -0.05) is 45.7 Å². The van der Waals surface area contributed by atoms with Crippen LogP contribution in [0.25, 0.3) is 0 Å². The molecule has 0 saturated heterocycles. The normalized spacial score (nSPS) is 25.4. The van der Waals surface area contributed by atoms with Crippen LogP contribution in [0.3, 0.4) is 0 Å². The fourth-order valence-corrected chi connectivity index (χ4v) is 3.07. The highest BCUT2D eigenvalue weighted by Gasteiger charge is 2.27. The molecule has 1 aliphatic rings. The molecule has 0 bridgehead atoms. The van der Waals surface area contributed by atoms with E-state index in [0.29, 0.717) is 36.6 Å². The Balaban J connectivity index is 1.71. The van der Waals surface area contributed by atoms with Crippen LogP contribution in [0, 0.1) is 11.8 Å². The predicted molar refractivity (Wildman–Crippen MR) is 85.4 cm³/mol. The predicted octanol–water partition coefficient (Wildman–Crippen LogP) is 3.46. The summed E-state index contributed by atoms with van der Waals surface area (Å²) in [6.07, 6.45) is 5.56. The molecule has 0 aromatic carbocycles. The first-order chi connectivity index (χ1) is 10.5. The molecule has 0 spiro atoms. The number of nitrogens with one attached hydrogen (secondary N) is 1. The summed E-state index contributed by atoms with van der Waals surface area (Å²) in [6, 6.07) is 0.340. The molecule has 1 N–H and O–H groups in total. The number of carbonyl (C=O) groups excluding carboxylic acids is 1. The second kappa shape index (κ2) is 7.75. The van der Waals surface area contributed by atoms with Crippen molar-refractivity contribution in [3.8, 4) is 0 Å². The minimum atomic E-state index is 0.148. The number of aromatic nitrogens is 2. The molecule has 1 fully saturated rings. The molecule has 3 atom stereocenters. The van der Waals surface area contributed by atoms with Crippen LogP contribution in [0.4, 0.5) is 0 Å². The van der Waals surface area contributed by atoms with Crippen LogP contribution in [0.5, 0.6) is 0 Å². The fourth-order valence-electron chi connectivity index (χ4n) is 3.07. The first kappa shape index (κ1) is 17.0. The SMILES string of the molecule is CC(C)c1noc(CCCC(=O)N[C@@H]2CCC[C@@H](C)[C@H]2C)n1. The Labute approximate surface area is 133 Å². The number of hydrogen-bond donors (Lipinski definition) is 1. The van der Waals surface area contributed by atoms with Crippen molar-refractivity contribution < 1.29 is 9.32 Å². The lowest BCUT2D eigenvalue weighted by Crippen LogP contribution is -2.43. The van der Waals surface area contributed by atoms with Gasteiger partial charge in [-0.25, -0.2) is 0 Å². The summed E-state index contributed by atoms with van der Waals surface area (Å²) >= 11 is 0. The van der Waals surface area contributed by atoms with Gasteiger partial charge in [0.1, 0.15) is 0 Å². The first-order valence-corrected chi connectivity index (χ1v) is 8.59. The van der Waals surface area contributed by atoms with E-state index >= 15 is 0 Å². The summed E-state index contributed by atoms with van der Waals surface area (Å²) in [7, 11) is 0. The van der Waals surface area contributed by atoms with Crippen molar-refractivity contribution in [1.29, 1.82) is 0 Å². The average molecular weight is 307 g/mol. The van der Waals surface area contributed by atoms with Gasteiger partial charge in [0.15, 0.2) is 5.82 Å². The van der Waals surface area contributed by atoms with Gasteiger partial charge in [0.05, 0.1) is 0 Å². The highest BCUT2D eigenvalue weighted by atomic mass is 16.5. The maximum absolute atomic E-state index is 12.1. The van der Waals surface area contributed by atoms with Crippen molar-refractivity contribution in [2.24, 2.45) is 11.8 Å². The Hall–Kier alpha value is -1.39. The summed E-state index contributed by atoms with van der Waals surface area (Å²) in [5.74, 6) is 3.07. The van der Waals surface area contributed by atoms with Crippen molar-refractivity contribution in [1.82, 2.24) is 15.5 Å². The topological polar surface area (TPSA) is 68.0 Å². The Morgan fingerprint density at radius 1 is 1.36 bits per heavy atom. The number of carbonyl (C=O) groups is 1. The zero-order chi connectivity index (χ0) is 16.1. The van der Waals surface area contributed by atoms with E-state index in [1.54, 1.807) is 0 Å². The standard InChI is InChI=1S/C17H29N3O2/c1-11(2)17-19-16(22-20-17)10-6-9-15(21)18-14-8-5-7-12(3)13(14)4/h11-14H,5-10H2,1-4H3,(H,18,21)/t12-,13-,14-/m1/s1. The third kappa shape index (κ3) is 4.55. The minimum Gasteiger partial charge on any atom is -0.353 e. The van der Waals surface area contributed by atoms with Crippen LogP contribution in [-0.4, -0.2) is 22.1 Å². The molecular formula is C17H29N3O2. The van der Waals surface area contributed by atoms with E-state index in [1.807, 2.05) is 13.8 Å². The van der Waals surface area contributed by atoms with E-state index in [0.717, 1.165) is 18.7 Å². The van der Waals surface area contributed by atoms with E-state index in [-0.39, 0.29) is 11.8 Å². The number of nitrogens with zero attached hydrogens (tertiary/aromatic N) is 2. The second-order valence-corrected chi connectivity index (χ2v) is 7.00. The zero-order valence-corrected chi connectivity index (χ0v) is 14.3. The molecule has 5 heteroatoms. The monoisotopic (exact) mass is 307 g/mol. The van der Waals surface area contributed by atoms with Gasteiger partial charge < -0.3 is 9.84 Å². The molecule has 1 aliphatic carbocycles. The van der Waals surface area contributed by atoms with Crippen LogP contribution in [0.1, 0.15) is 77.4 Å². The zero-order valence-electron chi connectivity index (χ0n) is 14.3. The van der Waals surface area contributed by atoms with Gasteiger partial charge in [0.2, 0.25) is 11.8 Å². The van der Waals surface area contributed by atoms with Crippen molar-refractivity contribution >= 4 is 5.91 Å². The minimum absolute atomic E-state index is 0.148. The Kier molecular flexibility index (Phi) is 5.98. The molecule has 1 aromatic heterocycles. The molecule has 5 nitrogen and oxygen atoms in total. The van der Waals surface area contributed by atoms with Crippen LogP contribution < -0.4 is 5.32 Å².